The van der Waals surface area contributed by atoms with Gasteiger partial charge >= 0.3 is 5.97 Å². The highest BCUT2D eigenvalue weighted by Gasteiger charge is 2.22. The van der Waals surface area contributed by atoms with Crippen molar-refractivity contribution in [3.05, 3.63) is 45.8 Å². The molecule has 1 aliphatic heterocycles. The van der Waals surface area contributed by atoms with E-state index in [9.17, 15) is 9.59 Å². The summed E-state index contributed by atoms with van der Waals surface area (Å²) >= 11 is 1.30. The van der Waals surface area contributed by atoms with Crippen molar-refractivity contribution in [3.63, 3.8) is 0 Å². The van der Waals surface area contributed by atoms with E-state index in [2.05, 4.69) is 0 Å². The Bertz CT molecular complexity index is 806. The highest BCUT2D eigenvalue weighted by molar-refractivity contribution is 7.99. The maximum atomic E-state index is 12.4. The summed E-state index contributed by atoms with van der Waals surface area (Å²) in [4.78, 5) is 24.9. The van der Waals surface area contributed by atoms with E-state index < -0.39 is 5.97 Å². The number of benzene rings is 1. The minimum atomic E-state index is -0.411. The molecule has 0 N–H and O–H groups in total. The van der Waals surface area contributed by atoms with Gasteiger partial charge in [0.05, 0.1) is 22.5 Å². The standard InChI is InChI=1S/C16H14O5S/c1-19-6-7-20-16(18)10-8-13-15(22-9-10)14(17)11-4-2-3-5-12(11)21-13/h2-5,8H,6-7,9H2,1H3. The molecule has 0 saturated heterocycles. The van der Waals surface area contributed by atoms with Crippen LogP contribution in [0.5, 0.6) is 0 Å². The van der Waals surface area contributed by atoms with E-state index >= 15 is 0 Å². The van der Waals surface area contributed by atoms with Gasteiger partial charge in [0, 0.05) is 12.9 Å². The zero-order valence-corrected chi connectivity index (χ0v) is 12.8. The monoisotopic (exact) mass is 318 g/mol. The Morgan fingerprint density at radius 3 is 2.95 bits per heavy atom. The normalized spacial score (nSPS) is 13.6. The van der Waals surface area contributed by atoms with Crippen LogP contribution in [0.1, 0.15) is 5.76 Å². The van der Waals surface area contributed by atoms with Crippen LogP contribution in [-0.4, -0.2) is 32.0 Å². The maximum absolute atomic E-state index is 12.4. The predicted octanol–water partition coefficient (Wildman–Crippen LogP) is 2.47. The van der Waals surface area contributed by atoms with Crippen LogP contribution >= 0.6 is 11.8 Å². The molecule has 22 heavy (non-hydrogen) atoms. The van der Waals surface area contributed by atoms with Crippen molar-refractivity contribution in [1.29, 1.82) is 0 Å². The quantitative estimate of drug-likeness (QED) is 0.637. The molecule has 0 atom stereocenters. The predicted molar refractivity (Wildman–Crippen MR) is 84.0 cm³/mol. The van der Waals surface area contributed by atoms with Gasteiger partial charge in [0.2, 0.25) is 5.43 Å². The minimum absolute atomic E-state index is 0.0649. The van der Waals surface area contributed by atoms with Crippen molar-refractivity contribution >= 4 is 34.8 Å². The molecular formula is C16H14O5S. The first-order valence-corrected chi connectivity index (χ1v) is 7.74. The summed E-state index contributed by atoms with van der Waals surface area (Å²) in [6.45, 7) is 0.550. The van der Waals surface area contributed by atoms with Crippen LogP contribution in [0, 0.1) is 0 Å². The number of rotatable bonds is 4. The molecule has 2 heterocycles. The Morgan fingerprint density at radius 1 is 1.32 bits per heavy atom. The van der Waals surface area contributed by atoms with E-state index in [1.165, 1.54) is 11.8 Å². The number of hydrogen-bond acceptors (Lipinski definition) is 6. The average Bonchev–Trinajstić information content (AvgIpc) is 2.55. The zero-order chi connectivity index (χ0) is 15.5. The van der Waals surface area contributed by atoms with E-state index in [4.69, 9.17) is 13.9 Å². The zero-order valence-electron chi connectivity index (χ0n) is 12.0. The lowest BCUT2D eigenvalue weighted by Gasteiger charge is -2.14. The lowest BCUT2D eigenvalue weighted by atomic mass is 10.2. The Morgan fingerprint density at radius 2 is 2.14 bits per heavy atom. The summed E-state index contributed by atoms with van der Waals surface area (Å²) in [5.74, 6) is 0.395. The van der Waals surface area contributed by atoms with Crippen molar-refractivity contribution < 1.29 is 18.7 Å². The Balaban J connectivity index is 1.95. The molecule has 0 spiro atoms. The molecule has 1 aromatic heterocycles. The summed E-state index contributed by atoms with van der Waals surface area (Å²) in [7, 11) is 1.54. The van der Waals surface area contributed by atoms with Crippen LogP contribution in [0.25, 0.3) is 17.0 Å². The van der Waals surface area contributed by atoms with E-state index in [-0.39, 0.29) is 12.0 Å². The first-order chi connectivity index (χ1) is 10.7. The molecule has 3 rings (SSSR count). The topological polar surface area (TPSA) is 65.7 Å². The lowest BCUT2D eigenvalue weighted by molar-refractivity contribution is -0.140. The molecule has 0 unspecified atom stereocenters. The second kappa shape index (κ2) is 6.37. The summed E-state index contributed by atoms with van der Waals surface area (Å²) < 4.78 is 15.7. The van der Waals surface area contributed by atoms with E-state index in [1.807, 2.05) is 0 Å². The van der Waals surface area contributed by atoms with Gasteiger partial charge in [0.15, 0.2) is 0 Å². The minimum Gasteiger partial charge on any atom is -0.460 e. The summed E-state index contributed by atoms with van der Waals surface area (Å²) in [5, 5.41) is 0.549. The SMILES string of the molecule is COCCOC(=O)C1=Cc2oc3ccccc3c(=O)c2SC1. The van der Waals surface area contributed by atoms with Gasteiger partial charge in [-0.1, -0.05) is 12.1 Å². The van der Waals surface area contributed by atoms with Crippen molar-refractivity contribution in [2.45, 2.75) is 4.90 Å². The molecule has 114 valence electrons. The molecule has 0 amide bonds. The Labute approximate surface area is 130 Å². The molecule has 0 aliphatic carbocycles. The van der Waals surface area contributed by atoms with Gasteiger partial charge in [-0.2, -0.15) is 0 Å². The third kappa shape index (κ3) is 2.80. The first kappa shape index (κ1) is 14.9. The largest absolute Gasteiger partial charge is 0.460 e. The van der Waals surface area contributed by atoms with Gasteiger partial charge in [0.1, 0.15) is 18.0 Å². The Kier molecular flexibility index (Phi) is 4.31. The number of fused-ring (bicyclic) bond motifs is 2. The van der Waals surface area contributed by atoms with E-state index in [0.717, 1.165) is 0 Å². The molecule has 0 fully saturated rings. The van der Waals surface area contributed by atoms with Crippen molar-refractivity contribution in [3.8, 4) is 0 Å². The van der Waals surface area contributed by atoms with Gasteiger partial charge in [0.25, 0.3) is 0 Å². The second-order valence-corrected chi connectivity index (χ2v) is 5.69. The fourth-order valence-corrected chi connectivity index (χ4v) is 3.14. The number of para-hydroxylation sites is 1. The van der Waals surface area contributed by atoms with Crippen LogP contribution in [0.3, 0.4) is 0 Å². The number of esters is 1. The first-order valence-electron chi connectivity index (χ1n) is 6.76. The van der Waals surface area contributed by atoms with Crippen LogP contribution in [0.2, 0.25) is 0 Å². The third-order valence-corrected chi connectivity index (χ3v) is 4.37. The summed E-state index contributed by atoms with van der Waals surface area (Å²) in [6, 6.07) is 7.08. The third-order valence-electron chi connectivity index (χ3n) is 3.24. The maximum Gasteiger partial charge on any atom is 0.335 e. The van der Waals surface area contributed by atoms with Gasteiger partial charge in [-0.25, -0.2) is 4.79 Å². The van der Waals surface area contributed by atoms with Crippen molar-refractivity contribution in [1.82, 2.24) is 0 Å². The number of carbonyl (C=O) groups is 1. The number of hydrogen-bond donors (Lipinski definition) is 0. The molecule has 2 aromatic rings. The highest BCUT2D eigenvalue weighted by atomic mass is 32.2. The molecule has 6 heteroatoms. The molecule has 0 saturated carbocycles. The lowest BCUT2D eigenvalue weighted by Crippen LogP contribution is -2.17. The average molecular weight is 318 g/mol. The molecular weight excluding hydrogens is 304 g/mol. The fraction of sp³-hybridized carbons (Fsp3) is 0.250. The Hall–Kier alpha value is -2.05. The highest BCUT2D eigenvalue weighted by Crippen LogP contribution is 2.31. The molecule has 0 bridgehead atoms. The number of carbonyl (C=O) groups excluding carboxylic acids is 1. The molecule has 0 radical (unpaired) electrons. The van der Waals surface area contributed by atoms with Gasteiger partial charge in [-0.3, -0.25) is 4.79 Å². The van der Waals surface area contributed by atoms with Crippen LogP contribution in [0.15, 0.2) is 43.9 Å². The summed E-state index contributed by atoms with van der Waals surface area (Å²) in [6.07, 6.45) is 1.59. The van der Waals surface area contributed by atoms with E-state index in [0.29, 0.717) is 39.6 Å². The number of thioether (sulfide) groups is 1. The molecule has 1 aliphatic rings. The van der Waals surface area contributed by atoms with Crippen LogP contribution in [-0.2, 0) is 14.3 Å². The van der Waals surface area contributed by atoms with Gasteiger partial charge in [-0.05, 0) is 18.2 Å². The van der Waals surface area contributed by atoms with E-state index in [1.54, 1.807) is 37.5 Å². The molecule has 1 aromatic carbocycles. The van der Waals surface area contributed by atoms with Crippen molar-refractivity contribution in [2.75, 3.05) is 26.1 Å². The second-order valence-electron chi connectivity index (χ2n) is 4.71. The summed E-state index contributed by atoms with van der Waals surface area (Å²) in [5.41, 5.74) is 0.925. The van der Waals surface area contributed by atoms with Crippen molar-refractivity contribution in [2.24, 2.45) is 0 Å². The van der Waals surface area contributed by atoms with Crippen LogP contribution < -0.4 is 5.43 Å². The number of methoxy groups -OCH3 is 1. The van der Waals surface area contributed by atoms with Gasteiger partial charge in [-0.15, -0.1) is 11.8 Å². The number of ether oxygens (including phenoxy) is 2. The van der Waals surface area contributed by atoms with Gasteiger partial charge < -0.3 is 13.9 Å². The molecule has 5 nitrogen and oxygen atoms in total. The fourth-order valence-electron chi connectivity index (χ4n) is 2.15. The smallest absolute Gasteiger partial charge is 0.335 e. The van der Waals surface area contributed by atoms with Crippen LogP contribution in [0.4, 0.5) is 0 Å².